The Morgan fingerprint density at radius 1 is 1.27 bits per heavy atom. The first-order valence-corrected chi connectivity index (χ1v) is 9.81. The third-order valence-corrected chi connectivity index (χ3v) is 5.60. The maximum Gasteiger partial charge on any atom is 0.256 e. The van der Waals surface area contributed by atoms with E-state index in [4.69, 9.17) is 5.26 Å². The zero-order valence-electron chi connectivity index (χ0n) is 16.9. The monoisotopic (exact) mass is 402 g/mol. The molecule has 0 aliphatic carbocycles. The quantitative estimate of drug-likeness (QED) is 0.658. The molecule has 152 valence electrons. The second kappa shape index (κ2) is 8.29. The van der Waals surface area contributed by atoms with Gasteiger partial charge in [-0.1, -0.05) is 12.1 Å². The summed E-state index contributed by atoms with van der Waals surface area (Å²) in [5.41, 5.74) is 1.71. The van der Waals surface area contributed by atoms with Gasteiger partial charge >= 0.3 is 0 Å². The SMILES string of the molecule is C[C@@H]1CC[C@@H](N(C)c2cc(C#N)ccn2)CN1C(=O)c1ccccc1-n1ncnn1. The predicted molar refractivity (Wildman–Crippen MR) is 110 cm³/mol. The number of pyridine rings is 1. The van der Waals surface area contributed by atoms with Gasteiger partial charge in [0.2, 0.25) is 0 Å². The van der Waals surface area contributed by atoms with Gasteiger partial charge < -0.3 is 9.80 Å². The van der Waals surface area contributed by atoms with E-state index in [9.17, 15) is 4.79 Å². The fraction of sp³-hybridized carbons (Fsp3) is 0.333. The molecule has 9 nitrogen and oxygen atoms in total. The number of nitriles is 1. The average molecular weight is 402 g/mol. The molecule has 3 heterocycles. The fourth-order valence-corrected chi connectivity index (χ4v) is 3.82. The molecule has 1 fully saturated rings. The summed E-state index contributed by atoms with van der Waals surface area (Å²) >= 11 is 0. The number of likely N-dealkylation sites (N-methyl/N-ethyl adjacent to an activating group) is 1. The first kappa shape index (κ1) is 19.5. The number of hydrogen-bond donors (Lipinski definition) is 0. The molecular formula is C21H22N8O. The Morgan fingerprint density at radius 2 is 2.10 bits per heavy atom. The van der Waals surface area contributed by atoms with Crippen molar-refractivity contribution in [1.29, 1.82) is 5.26 Å². The molecule has 1 aliphatic rings. The molecule has 2 atom stereocenters. The number of carbonyl (C=O) groups excluding carboxylic acids is 1. The van der Waals surface area contributed by atoms with Gasteiger partial charge in [0.25, 0.3) is 5.91 Å². The molecule has 0 radical (unpaired) electrons. The highest BCUT2D eigenvalue weighted by molar-refractivity contribution is 5.98. The van der Waals surface area contributed by atoms with Crippen molar-refractivity contribution in [2.75, 3.05) is 18.5 Å². The highest BCUT2D eigenvalue weighted by atomic mass is 16.2. The lowest BCUT2D eigenvalue weighted by Gasteiger charge is -2.42. The fourth-order valence-electron chi connectivity index (χ4n) is 3.82. The number of aromatic nitrogens is 5. The van der Waals surface area contributed by atoms with E-state index in [2.05, 4.69) is 38.3 Å². The Kier molecular flexibility index (Phi) is 5.39. The van der Waals surface area contributed by atoms with Crippen LogP contribution in [0.5, 0.6) is 0 Å². The van der Waals surface area contributed by atoms with Crippen molar-refractivity contribution < 1.29 is 4.79 Å². The van der Waals surface area contributed by atoms with Crippen molar-refractivity contribution in [2.45, 2.75) is 31.8 Å². The molecule has 30 heavy (non-hydrogen) atoms. The third-order valence-electron chi connectivity index (χ3n) is 5.60. The van der Waals surface area contributed by atoms with Crippen molar-refractivity contribution in [3.63, 3.8) is 0 Å². The van der Waals surface area contributed by atoms with Gasteiger partial charge in [-0.25, -0.2) is 4.98 Å². The van der Waals surface area contributed by atoms with E-state index in [1.165, 1.54) is 11.1 Å². The molecular weight excluding hydrogens is 380 g/mol. The number of hydrogen-bond acceptors (Lipinski definition) is 7. The molecule has 0 N–H and O–H groups in total. The maximum atomic E-state index is 13.5. The van der Waals surface area contributed by atoms with Crippen LogP contribution in [0.25, 0.3) is 5.69 Å². The van der Waals surface area contributed by atoms with E-state index in [0.29, 0.717) is 23.4 Å². The van der Waals surface area contributed by atoms with Crippen molar-refractivity contribution in [3.8, 4) is 11.8 Å². The molecule has 1 aliphatic heterocycles. The van der Waals surface area contributed by atoms with Crippen LogP contribution in [-0.4, -0.2) is 61.7 Å². The van der Waals surface area contributed by atoms with Gasteiger partial charge in [-0.2, -0.15) is 5.26 Å². The minimum atomic E-state index is -0.0627. The number of carbonyl (C=O) groups is 1. The molecule has 1 saturated heterocycles. The Bertz CT molecular complexity index is 1070. The Labute approximate surface area is 174 Å². The molecule has 1 aromatic carbocycles. The van der Waals surface area contributed by atoms with Crippen LogP contribution < -0.4 is 4.90 Å². The number of tetrazole rings is 1. The largest absolute Gasteiger partial charge is 0.355 e. The maximum absolute atomic E-state index is 13.5. The number of rotatable bonds is 4. The smallest absolute Gasteiger partial charge is 0.256 e. The topological polar surface area (TPSA) is 104 Å². The summed E-state index contributed by atoms with van der Waals surface area (Å²) in [4.78, 5) is 23.2. The zero-order chi connectivity index (χ0) is 21.1. The van der Waals surface area contributed by atoms with E-state index in [-0.39, 0.29) is 18.0 Å². The van der Waals surface area contributed by atoms with Crippen molar-refractivity contribution in [1.82, 2.24) is 30.1 Å². The molecule has 9 heteroatoms. The highest BCUT2D eigenvalue weighted by Crippen LogP contribution is 2.26. The van der Waals surface area contributed by atoms with Crippen LogP contribution in [0.3, 0.4) is 0 Å². The molecule has 1 amide bonds. The van der Waals surface area contributed by atoms with Gasteiger partial charge in [-0.3, -0.25) is 4.79 Å². The van der Waals surface area contributed by atoms with Crippen molar-refractivity contribution in [2.24, 2.45) is 0 Å². The van der Waals surface area contributed by atoms with Gasteiger partial charge in [-0.05, 0) is 49.2 Å². The molecule has 0 bridgehead atoms. The van der Waals surface area contributed by atoms with E-state index in [1.807, 2.05) is 30.1 Å². The Morgan fingerprint density at radius 3 is 2.87 bits per heavy atom. The third kappa shape index (κ3) is 3.72. The first-order chi connectivity index (χ1) is 14.6. The summed E-state index contributed by atoms with van der Waals surface area (Å²) in [5.74, 6) is 0.667. The van der Waals surface area contributed by atoms with Gasteiger partial charge in [0.1, 0.15) is 11.5 Å². The minimum Gasteiger partial charge on any atom is -0.355 e. The molecule has 2 aromatic heterocycles. The molecule has 3 aromatic rings. The highest BCUT2D eigenvalue weighted by Gasteiger charge is 2.33. The molecule has 4 rings (SSSR count). The summed E-state index contributed by atoms with van der Waals surface area (Å²) in [6.45, 7) is 2.63. The summed E-state index contributed by atoms with van der Waals surface area (Å²) in [6, 6.07) is 13.1. The number of likely N-dealkylation sites (tertiary alicyclic amines) is 1. The van der Waals surface area contributed by atoms with Crippen LogP contribution in [0.1, 0.15) is 35.7 Å². The number of nitrogens with zero attached hydrogens (tertiary/aromatic N) is 8. The first-order valence-electron chi connectivity index (χ1n) is 9.81. The lowest BCUT2D eigenvalue weighted by atomic mass is 9.97. The second-order valence-electron chi connectivity index (χ2n) is 7.41. The van der Waals surface area contributed by atoms with E-state index in [0.717, 1.165) is 18.7 Å². The van der Waals surface area contributed by atoms with E-state index in [1.54, 1.807) is 24.4 Å². The number of para-hydroxylation sites is 1. The Hall–Kier alpha value is -3.80. The summed E-state index contributed by atoms with van der Waals surface area (Å²) in [5, 5.41) is 20.9. The van der Waals surface area contributed by atoms with Gasteiger partial charge in [0, 0.05) is 31.9 Å². The average Bonchev–Trinajstić information content (AvgIpc) is 3.33. The van der Waals surface area contributed by atoms with Crippen molar-refractivity contribution in [3.05, 3.63) is 60.0 Å². The lowest BCUT2D eigenvalue weighted by molar-refractivity contribution is 0.0610. The minimum absolute atomic E-state index is 0.0627. The van der Waals surface area contributed by atoms with Gasteiger partial charge in [-0.15, -0.1) is 15.0 Å². The van der Waals surface area contributed by atoms with E-state index < -0.39 is 0 Å². The molecule has 0 spiro atoms. The Balaban J connectivity index is 1.59. The lowest BCUT2D eigenvalue weighted by Crippen LogP contribution is -2.52. The van der Waals surface area contributed by atoms with Crippen molar-refractivity contribution >= 4 is 11.7 Å². The van der Waals surface area contributed by atoms with Crippen LogP contribution >= 0.6 is 0 Å². The number of anilines is 1. The summed E-state index contributed by atoms with van der Waals surface area (Å²) < 4.78 is 0. The van der Waals surface area contributed by atoms with Crippen LogP contribution in [-0.2, 0) is 0 Å². The van der Waals surface area contributed by atoms with E-state index >= 15 is 0 Å². The predicted octanol–water partition coefficient (Wildman–Crippen LogP) is 2.06. The second-order valence-corrected chi connectivity index (χ2v) is 7.41. The summed E-state index contributed by atoms with van der Waals surface area (Å²) in [6.07, 6.45) is 4.80. The van der Waals surface area contributed by atoms with Gasteiger partial charge in [0.15, 0.2) is 6.33 Å². The standard InChI is InChI=1S/C21H22N8O/c1-15-7-8-17(27(2)20-11-16(12-22)9-10-23-20)13-28(15)21(30)18-5-3-4-6-19(18)29-25-14-24-26-29/h3-6,9-11,14-15,17H,7-8,13H2,1-2H3/t15-,17-/m1/s1. The van der Waals surface area contributed by atoms with Crippen LogP contribution in [0, 0.1) is 11.3 Å². The van der Waals surface area contributed by atoms with Crippen LogP contribution in [0.15, 0.2) is 48.9 Å². The number of benzene rings is 1. The number of amides is 1. The molecule has 0 saturated carbocycles. The van der Waals surface area contributed by atoms with Crippen LogP contribution in [0.4, 0.5) is 5.82 Å². The summed E-state index contributed by atoms with van der Waals surface area (Å²) in [7, 11) is 1.96. The normalized spacial score (nSPS) is 18.6. The number of piperidine rings is 1. The van der Waals surface area contributed by atoms with Gasteiger partial charge in [0.05, 0.1) is 17.2 Å². The molecule has 0 unspecified atom stereocenters. The zero-order valence-corrected chi connectivity index (χ0v) is 16.9. The van der Waals surface area contributed by atoms with Crippen LogP contribution in [0.2, 0.25) is 0 Å².